The van der Waals surface area contributed by atoms with Gasteiger partial charge in [-0.15, -0.1) is 0 Å². The second-order valence-electron chi connectivity index (χ2n) is 8.08. The van der Waals surface area contributed by atoms with Gasteiger partial charge in [-0.3, -0.25) is 14.6 Å². The number of aromatic nitrogens is 2. The molecule has 6 heteroatoms. The number of aryl methyl sites for hydroxylation is 1. The maximum absolute atomic E-state index is 12.8. The van der Waals surface area contributed by atoms with Gasteiger partial charge in [-0.05, 0) is 44.2 Å². The fourth-order valence-corrected chi connectivity index (χ4v) is 3.96. The van der Waals surface area contributed by atoms with Gasteiger partial charge in [0.05, 0.1) is 11.9 Å². The van der Waals surface area contributed by atoms with Crippen molar-refractivity contribution in [3.63, 3.8) is 0 Å². The van der Waals surface area contributed by atoms with Gasteiger partial charge < -0.3 is 10.2 Å². The fourth-order valence-electron chi connectivity index (χ4n) is 3.96. The smallest absolute Gasteiger partial charge is 0.274 e. The minimum Gasteiger partial charge on any atom is -0.346 e. The van der Waals surface area contributed by atoms with Gasteiger partial charge in [-0.25, -0.2) is 4.98 Å². The maximum atomic E-state index is 12.8. The Morgan fingerprint density at radius 1 is 1.11 bits per heavy atom. The second-order valence-corrected chi connectivity index (χ2v) is 8.08. The highest BCUT2D eigenvalue weighted by Crippen LogP contribution is 2.40. The van der Waals surface area contributed by atoms with Crippen LogP contribution in [0.25, 0.3) is 0 Å². The summed E-state index contributed by atoms with van der Waals surface area (Å²) in [5, 5.41) is 3.32. The van der Waals surface area contributed by atoms with Crippen LogP contribution in [0.4, 0.5) is 0 Å². The highest BCUT2D eigenvalue weighted by atomic mass is 16.2. The van der Waals surface area contributed by atoms with E-state index in [1.807, 2.05) is 42.2 Å². The quantitative estimate of drug-likeness (QED) is 0.868. The highest BCUT2D eigenvalue weighted by molar-refractivity contribution is 5.95. The minimum atomic E-state index is -0.232. The van der Waals surface area contributed by atoms with Gasteiger partial charge in [0.15, 0.2) is 0 Å². The van der Waals surface area contributed by atoms with Crippen molar-refractivity contribution >= 4 is 11.8 Å². The molecule has 1 aliphatic heterocycles. The minimum absolute atomic E-state index is 0.0228. The van der Waals surface area contributed by atoms with Gasteiger partial charge in [0.25, 0.3) is 11.8 Å². The monoisotopic (exact) mass is 378 g/mol. The largest absolute Gasteiger partial charge is 0.346 e. The van der Waals surface area contributed by atoms with E-state index in [2.05, 4.69) is 15.3 Å². The summed E-state index contributed by atoms with van der Waals surface area (Å²) in [6.45, 7) is 3.09. The predicted molar refractivity (Wildman–Crippen MR) is 106 cm³/mol. The van der Waals surface area contributed by atoms with Gasteiger partial charge in [0.1, 0.15) is 5.69 Å². The van der Waals surface area contributed by atoms with E-state index in [0.29, 0.717) is 30.3 Å². The van der Waals surface area contributed by atoms with Crippen LogP contribution in [0.5, 0.6) is 0 Å². The molecular formula is C22H26N4O2. The molecule has 1 aromatic heterocycles. The Hall–Kier alpha value is -2.76. The molecule has 0 unspecified atom stereocenters. The molecular weight excluding hydrogens is 352 g/mol. The summed E-state index contributed by atoms with van der Waals surface area (Å²) in [5.41, 5.74) is 1.63. The summed E-state index contributed by atoms with van der Waals surface area (Å²) >= 11 is 0. The molecule has 1 aromatic carbocycles. The van der Waals surface area contributed by atoms with Crippen molar-refractivity contribution in [3.8, 4) is 0 Å². The Labute approximate surface area is 165 Å². The number of rotatable bonds is 5. The van der Waals surface area contributed by atoms with Gasteiger partial charge in [0.2, 0.25) is 0 Å². The molecule has 2 aliphatic rings. The summed E-state index contributed by atoms with van der Waals surface area (Å²) < 4.78 is 0. The molecule has 1 aliphatic carbocycles. The molecule has 2 amide bonds. The normalized spacial score (nSPS) is 18.5. The summed E-state index contributed by atoms with van der Waals surface area (Å²) in [5.74, 6) is 0.591. The lowest BCUT2D eigenvalue weighted by Gasteiger charge is -2.42. The molecule has 1 saturated carbocycles. The molecule has 0 atom stereocenters. The van der Waals surface area contributed by atoms with E-state index in [1.54, 1.807) is 12.4 Å². The Morgan fingerprint density at radius 3 is 2.43 bits per heavy atom. The molecule has 0 radical (unpaired) electrons. The van der Waals surface area contributed by atoms with Crippen LogP contribution < -0.4 is 5.32 Å². The zero-order chi connectivity index (χ0) is 19.6. The highest BCUT2D eigenvalue weighted by Gasteiger charge is 2.41. The fraction of sp³-hybridized carbons (Fsp3) is 0.455. The van der Waals surface area contributed by atoms with Crippen LogP contribution in [0.3, 0.4) is 0 Å². The van der Waals surface area contributed by atoms with Gasteiger partial charge in [-0.1, -0.05) is 31.0 Å². The molecule has 2 heterocycles. The van der Waals surface area contributed by atoms with E-state index in [0.717, 1.165) is 25.0 Å². The van der Waals surface area contributed by atoms with Gasteiger partial charge >= 0.3 is 0 Å². The van der Waals surface area contributed by atoms with Crippen LogP contribution in [-0.4, -0.2) is 45.3 Å². The number of hydrogen-bond donors (Lipinski definition) is 1. The van der Waals surface area contributed by atoms with Gasteiger partial charge in [-0.2, -0.15) is 0 Å². The first-order chi connectivity index (χ1) is 13.5. The van der Waals surface area contributed by atoms with E-state index in [4.69, 9.17) is 0 Å². The molecule has 28 heavy (non-hydrogen) atoms. The summed E-state index contributed by atoms with van der Waals surface area (Å²) in [7, 11) is 0. The predicted octanol–water partition coefficient (Wildman–Crippen LogP) is 2.99. The lowest BCUT2D eigenvalue weighted by atomic mass is 9.82. The number of carbonyl (C=O) groups excluding carboxylic acids is 2. The lowest BCUT2D eigenvalue weighted by Crippen LogP contribution is -2.56. The van der Waals surface area contributed by atoms with Crippen molar-refractivity contribution in [2.45, 2.75) is 44.6 Å². The SMILES string of the molecule is Cc1cnc(C(=O)N2CCC(CC3CC3)(NC(=O)c3ccccc3)CC2)cn1. The number of piperidine rings is 1. The first-order valence-electron chi connectivity index (χ1n) is 10.0. The molecule has 146 valence electrons. The number of amides is 2. The van der Waals surface area contributed by atoms with E-state index < -0.39 is 0 Å². The number of nitrogens with one attached hydrogen (secondary N) is 1. The van der Waals surface area contributed by atoms with Crippen molar-refractivity contribution in [2.75, 3.05) is 13.1 Å². The second kappa shape index (κ2) is 7.70. The van der Waals surface area contributed by atoms with E-state index in [9.17, 15) is 9.59 Å². The number of hydrogen-bond acceptors (Lipinski definition) is 4. The van der Waals surface area contributed by atoms with Crippen LogP contribution in [0.1, 0.15) is 58.6 Å². The van der Waals surface area contributed by atoms with E-state index in [1.165, 1.54) is 12.8 Å². The molecule has 6 nitrogen and oxygen atoms in total. The molecule has 4 rings (SSSR count). The average Bonchev–Trinajstić information content (AvgIpc) is 3.53. The van der Waals surface area contributed by atoms with Crippen molar-refractivity contribution in [1.82, 2.24) is 20.2 Å². The topological polar surface area (TPSA) is 75.2 Å². The van der Waals surface area contributed by atoms with Crippen molar-refractivity contribution < 1.29 is 9.59 Å². The number of benzene rings is 1. The van der Waals surface area contributed by atoms with Crippen molar-refractivity contribution in [2.24, 2.45) is 5.92 Å². The van der Waals surface area contributed by atoms with Crippen LogP contribution in [0.2, 0.25) is 0 Å². The van der Waals surface area contributed by atoms with E-state index in [-0.39, 0.29) is 17.4 Å². The number of likely N-dealkylation sites (tertiary alicyclic amines) is 1. The summed E-state index contributed by atoms with van der Waals surface area (Å²) in [4.78, 5) is 35.7. The third kappa shape index (κ3) is 4.21. The molecule has 2 fully saturated rings. The van der Waals surface area contributed by atoms with Crippen LogP contribution in [0.15, 0.2) is 42.7 Å². The molecule has 1 saturated heterocycles. The third-order valence-corrected chi connectivity index (χ3v) is 5.80. The zero-order valence-corrected chi connectivity index (χ0v) is 16.2. The number of nitrogens with zero attached hydrogens (tertiary/aromatic N) is 3. The first kappa shape index (κ1) is 18.6. The number of carbonyl (C=O) groups is 2. The van der Waals surface area contributed by atoms with Crippen LogP contribution in [0, 0.1) is 12.8 Å². The average molecular weight is 378 g/mol. The molecule has 0 bridgehead atoms. The van der Waals surface area contributed by atoms with Crippen LogP contribution in [-0.2, 0) is 0 Å². The molecule has 2 aromatic rings. The standard InChI is InChI=1S/C22H26N4O2/c1-16-14-24-19(15-23-16)21(28)26-11-9-22(10-12-26,13-17-7-8-17)25-20(27)18-5-3-2-4-6-18/h2-6,14-15,17H,7-13H2,1H3,(H,25,27). The Kier molecular flexibility index (Phi) is 5.11. The summed E-state index contributed by atoms with van der Waals surface area (Å²) in [6.07, 6.45) is 8.18. The Morgan fingerprint density at radius 2 is 1.82 bits per heavy atom. The molecule has 1 N–H and O–H groups in total. The summed E-state index contributed by atoms with van der Waals surface area (Å²) in [6, 6.07) is 9.36. The molecule has 0 spiro atoms. The lowest BCUT2D eigenvalue weighted by molar-refractivity contribution is 0.0595. The first-order valence-corrected chi connectivity index (χ1v) is 10.0. The zero-order valence-electron chi connectivity index (χ0n) is 16.2. The third-order valence-electron chi connectivity index (χ3n) is 5.80. The Balaban J connectivity index is 1.44. The Bertz CT molecular complexity index is 839. The van der Waals surface area contributed by atoms with Gasteiger partial charge in [0, 0.05) is 30.4 Å². The maximum Gasteiger partial charge on any atom is 0.274 e. The van der Waals surface area contributed by atoms with E-state index >= 15 is 0 Å². The van der Waals surface area contributed by atoms with Crippen molar-refractivity contribution in [1.29, 1.82) is 0 Å². The van der Waals surface area contributed by atoms with Crippen LogP contribution >= 0.6 is 0 Å². The van der Waals surface area contributed by atoms with Crippen molar-refractivity contribution in [3.05, 3.63) is 59.7 Å².